The lowest BCUT2D eigenvalue weighted by molar-refractivity contribution is -0.154. The van der Waals surface area contributed by atoms with E-state index in [2.05, 4.69) is 15.0 Å². The van der Waals surface area contributed by atoms with Crippen molar-refractivity contribution < 1.29 is 17.9 Å². The standard InChI is InChI=1S/C9H11F3N2O/c1-13-5-7-2-3-14-8(4-7)15-6-9(10,11)12/h2-4,13H,5-6H2,1H3. The third-order valence-corrected chi connectivity index (χ3v) is 1.56. The highest BCUT2D eigenvalue weighted by atomic mass is 19.4. The molecule has 0 aromatic carbocycles. The Labute approximate surface area is 85.3 Å². The summed E-state index contributed by atoms with van der Waals surface area (Å²) in [4.78, 5) is 3.67. The predicted molar refractivity (Wildman–Crippen MR) is 48.6 cm³/mol. The minimum atomic E-state index is -4.33. The molecule has 1 heterocycles. The van der Waals surface area contributed by atoms with Crippen molar-refractivity contribution in [2.24, 2.45) is 0 Å². The van der Waals surface area contributed by atoms with E-state index in [1.165, 1.54) is 12.3 Å². The van der Waals surface area contributed by atoms with Crippen LogP contribution in [-0.2, 0) is 6.54 Å². The molecule has 0 amide bonds. The Morgan fingerprint density at radius 2 is 2.20 bits per heavy atom. The van der Waals surface area contributed by atoms with Gasteiger partial charge in [0.15, 0.2) is 6.61 Å². The molecular weight excluding hydrogens is 209 g/mol. The smallest absolute Gasteiger partial charge is 0.422 e. The molecule has 0 atom stereocenters. The molecule has 0 aliphatic rings. The minimum absolute atomic E-state index is 0.0138. The summed E-state index contributed by atoms with van der Waals surface area (Å²) >= 11 is 0. The van der Waals surface area contributed by atoms with Crippen molar-refractivity contribution in [1.82, 2.24) is 10.3 Å². The zero-order chi connectivity index (χ0) is 11.3. The Hall–Kier alpha value is -1.30. The second kappa shape index (κ2) is 4.97. The molecule has 0 saturated heterocycles. The molecule has 1 N–H and O–H groups in total. The van der Waals surface area contributed by atoms with Crippen LogP contribution in [-0.4, -0.2) is 24.8 Å². The van der Waals surface area contributed by atoms with Crippen LogP contribution in [0, 0.1) is 0 Å². The number of alkyl halides is 3. The molecule has 6 heteroatoms. The quantitative estimate of drug-likeness (QED) is 0.839. The molecule has 15 heavy (non-hydrogen) atoms. The van der Waals surface area contributed by atoms with E-state index in [1.807, 2.05) is 0 Å². The van der Waals surface area contributed by atoms with Crippen LogP contribution in [0.3, 0.4) is 0 Å². The highest BCUT2D eigenvalue weighted by Gasteiger charge is 2.28. The number of nitrogens with one attached hydrogen (secondary N) is 1. The second-order valence-electron chi connectivity index (χ2n) is 2.94. The number of rotatable bonds is 4. The maximum Gasteiger partial charge on any atom is 0.422 e. The van der Waals surface area contributed by atoms with Gasteiger partial charge in [0.2, 0.25) is 5.88 Å². The molecule has 0 fully saturated rings. The Morgan fingerprint density at radius 3 is 2.80 bits per heavy atom. The van der Waals surface area contributed by atoms with E-state index >= 15 is 0 Å². The van der Waals surface area contributed by atoms with Gasteiger partial charge in [-0.3, -0.25) is 0 Å². The largest absolute Gasteiger partial charge is 0.468 e. The molecule has 0 aliphatic heterocycles. The Kier molecular flexibility index (Phi) is 3.90. The fourth-order valence-corrected chi connectivity index (χ4v) is 0.999. The average Bonchev–Trinajstić information content (AvgIpc) is 2.15. The van der Waals surface area contributed by atoms with Gasteiger partial charge in [0.05, 0.1) is 0 Å². The number of nitrogens with zero attached hydrogens (tertiary/aromatic N) is 1. The Balaban J connectivity index is 2.57. The third-order valence-electron chi connectivity index (χ3n) is 1.56. The predicted octanol–water partition coefficient (Wildman–Crippen LogP) is 1.74. The molecular formula is C9H11F3N2O. The SMILES string of the molecule is CNCc1ccnc(OCC(F)(F)F)c1. The first-order valence-electron chi connectivity index (χ1n) is 4.30. The number of halogens is 3. The van der Waals surface area contributed by atoms with Crippen molar-refractivity contribution in [3.8, 4) is 5.88 Å². The van der Waals surface area contributed by atoms with Crippen molar-refractivity contribution in [2.45, 2.75) is 12.7 Å². The first kappa shape index (κ1) is 11.8. The zero-order valence-electron chi connectivity index (χ0n) is 8.14. The van der Waals surface area contributed by atoms with E-state index in [1.54, 1.807) is 13.1 Å². The third kappa shape index (κ3) is 4.64. The Morgan fingerprint density at radius 1 is 1.47 bits per heavy atom. The van der Waals surface area contributed by atoms with E-state index in [-0.39, 0.29) is 5.88 Å². The average molecular weight is 220 g/mol. The van der Waals surface area contributed by atoms with Crippen molar-refractivity contribution in [1.29, 1.82) is 0 Å². The van der Waals surface area contributed by atoms with Gasteiger partial charge in [-0.1, -0.05) is 0 Å². The molecule has 0 aliphatic carbocycles. The minimum Gasteiger partial charge on any atom is -0.468 e. The lowest BCUT2D eigenvalue weighted by atomic mass is 10.3. The topological polar surface area (TPSA) is 34.2 Å². The number of hydrogen-bond acceptors (Lipinski definition) is 3. The van der Waals surface area contributed by atoms with E-state index in [0.29, 0.717) is 6.54 Å². The molecule has 84 valence electrons. The maximum absolute atomic E-state index is 11.8. The fourth-order valence-electron chi connectivity index (χ4n) is 0.999. The molecule has 0 spiro atoms. The monoisotopic (exact) mass is 220 g/mol. The number of pyridine rings is 1. The van der Waals surface area contributed by atoms with Crippen LogP contribution in [0.5, 0.6) is 5.88 Å². The summed E-state index contributed by atoms with van der Waals surface area (Å²) in [7, 11) is 1.75. The van der Waals surface area contributed by atoms with Crippen LogP contribution in [0.4, 0.5) is 13.2 Å². The van der Waals surface area contributed by atoms with Gasteiger partial charge in [0.1, 0.15) is 0 Å². The summed E-state index contributed by atoms with van der Waals surface area (Å²) in [5.41, 5.74) is 0.824. The van der Waals surface area contributed by atoms with Crippen molar-refractivity contribution >= 4 is 0 Å². The summed E-state index contributed by atoms with van der Waals surface area (Å²) in [6.07, 6.45) is -2.92. The number of ether oxygens (including phenoxy) is 1. The Bertz CT molecular complexity index is 314. The highest BCUT2D eigenvalue weighted by Crippen LogP contribution is 2.17. The van der Waals surface area contributed by atoms with Crippen molar-refractivity contribution in [3.63, 3.8) is 0 Å². The van der Waals surface area contributed by atoms with Crippen molar-refractivity contribution in [3.05, 3.63) is 23.9 Å². The van der Waals surface area contributed by atoms with Gasteiger partial charge in [-0.15, -0.1) is 0 Å². The molecule has 3 nitrogen and oxygen atoms in total. The molecule has 0 saturated carbocycles. The van der Waals surface area contributed by atoms with Crippen LogP contribution >= 0.6 is 0 Å². The second-order valence-corrected chi connectivity index (χ2v) is 2.94. The maximum atomic E-state index is 11.8. The summed E-state index contributed by atoms with van der Waals surface area (Å²) < 4.78 is 40.0. The molecule has 1 aromatic rings. The van der Waals surface area contributed by atoms with Gasteiger partial charge in [0, 0.05) is 18.8 Å². The molecule has 1 aromatic heterocycles. The first-order chi connectivity index (χ1) is 7.01. The van der Waals surface area contributed by atoms with E-state index < -0.39 is 12.8 Å². The van der Waals surface area contributed by atoms with Crippen LogP contribution in [0.15, 0.2) is 18.3 Å². The van der Waals surface area contributed by atoms with E-state index in [4.69, 9.17) is 0 Å². The van der Waals surface area contributed by atoms with Crippen molar-refractivity contribution in [2.75, 3.05) is 13.7 Å². The summed E-state index contributed by atoms with van der Waals surface area (Å²) in [6, 6.07) is 3.18. The van der Waals surface area contributed by atoms with Gasteiger partial charge in [0.25, 0.3) is 0 Å². The normalized spacial score (nSPS) is 11.5. The number of aromatic nitrogens is 1. The molecule has 0 radical (unpaired) electrons. The molecule has 0 unspecified atom stereocenters. The summed E-state index contributed by atoms with van der Waals surface area (Å²) in [5.74, 6) is -0.0138. The van der Waals surface area contributed by atoms with Crippen LogP contribution in [0.25, 0.3) is 0 Å². The lowest BCUT2D eigenvalue weighted by Gasteiger charge is -2.08. The van der Waals surface area contributed by atoms with E-state index in [9.17, 15) is 13.2 Å². The van der Waals surface area contributed by atoms with Gasteiger partial charge >= 0.3 is 6.18 Å². The highest BCUT2D eigenvalue weighted by molar-refractivity contribution is 5.20. The zero-order valence-corrected chi connectivity index (χ0v) is 8.14. The number of hydrogen-bond donors (Lipinski definition) is 1. The van der Waals surface area contributed by atoms with Gasteiger partial charge in [-0.05, 0) is 18.7 Å². The van der Waals surface area contributed by atoms with Crippen LogP contribution in [0.1, 0.15) is 5.56 Å². The fraction of sp³-hybridized carbons (Fsp3) is 0.444. The molecule has 0 bridgehead atoms. The first-order valence-corrected chi connectivity index (χ1v) is 4.30. The van der Waals surface area contributed by atoms with Gasteiger partial charge < -0.3 is 10.1 Å². The lowest BCUT2D eigenvalue weighted by Crippen LogP contribution is -2.19. The summed E-state index contributed by atoms with van der Waals surface area (Å²) in [5, 5.41) is 2.88. The van der Waals surface area contributed by atoms with Crippen LogP contribution in [0.2, 0.25) is 0 Å². The van der Waals surface area contributed by atoms with Gasteiger partial charge in [-0.25, -0.2) is 4.98 Å². The van der Waals surface area contributed by atoms with E-state index in [0.717, 1.165) is 5.56 Å². The molecule has 1 rings (SSSR count). The van der Waals surface area contributed by atoms with Gasteiger partial charge in [-0.2, -0.15) is 13.2 Å². The summed E-state index contributed by atoms with van der Waals surface area (Å²) in [6.45, 7) is -0.756. The van der Waals surface area contributed by atoms with Crippen LogP contribution < -0.4 is 10.1 Å².